The van der Waals surface area contributed by atoms with Gasteiger partial charge >= 0.3 is 6.18 Å². The van der Waals surface area contributed by atoms with Gasteiger partial charge in [0.25, 0.3) is 0 Å². The van der Waals surface area contributed by atoms with E-state index in [2.05, 4.69) is 0 Å². The molecule has 0 radical (unpaired) electrons. The van der Waals surface area contributed by atoms with Crippen molar-refractivity contribution in [3.05, 3.63) is 29.3 Å². The van der Waals surface area contributed by atoms with Crippen molar-refractivity contribution in [2.45, 2.75) is 19.0 Å². The second-order valence-electron chi connectivity index (χ2n) is 4.35. The summed E-state index contributed by atoms with van der Waals surface area (Å²) < 4.78 is 42.9. The van der Waals surface area contributed by atoms with Gasteiger partial charge in [0.2, 0.25) is 0 Å². The van der Waals surface area contributed by atoms with Crippen molar-refractivity contribution in [1.29, 1.82) is 0 Å². The van der Waals surface area contributed by atoms with Crippen molar-refractivity contribution in [3.8, 4) is 5.75 Å². The second-order valence-corrected chi connectivity index (χ2v) is 4.35. The SMILES string of the molecule is CC1c2ccc(C(F)(F)F)cc2OCC1CN. The van der Waals surface area contributed by atoms with Crippen LogP contribution in [0.5, 0.6) is 5.75 Å². The summed E-state index contributed by atoms with van der Waals surface area (Å²) in [7, 11) is 0. The molecular formula is C12H14F3NO. The minimum absolute atomic E-state index is 0.131. The highest BCUT2D eigenvalue weighted by Crippen LogP contribution is 2.40. The summed E-state index contributed by atoms with van der Waals surface area (Å²) in [5.74, 6) is 0.627. The van der Waals surface area contributed by atoms with Crippen molar-refractivity contribution in [2.75, 3.05) is 13.2 Å². The number of benzene rings is 1. The van der Waals surface area contributed by atoms with Gasteiger partial charge in [-0.1, -0.05) is 13.0 Å². The van der Waals surface area contributed by atoms with E-state index in [0.29, 0.717) is 18.9 Å². The van der Waals surface area contributed by atoms with Crippen LogP contribution in [0, 0.1) is 5.92 Å². The number of nitrogens with two attached hydrogens (primary N) is 1. The predicted octanol–water partition coefficient (Wildman–Crippen LogP) is 2.78. The molecule has 2 atom stereocenters. The third-order valence-corrected chi connectivity index (χ3v) is 3.29. The van der Waals surface area contributed by atoms with Crippen LogP contribution in [0.1, 0.15) is 24.0 Å². The normalized spacial score (nSPS) is 24.1. The van der Waals surface area contributed by atoms with Crippen LogP contribution in [0.15, 0.2) is 18.2 Å². The summed E-state index contributed by atoms with van der Waals surface area (Å²) in [6.07, 6.45) is -4.33. The highest BCUT2D eigenvalue weighted by molar-refractivity contribution is 5.42. The van der Waals surface area contributed by atoms with E-state index < -0.39 is 11.7 Å². The first-order valence-electron chi connectivity index (χ1n) is 5.47. The van der Waals surface area contributed by atoms with Gasteiger partial charge in [0, 0.05) is 5.92 Å². The molecule has 0 bridgehead atoms. The minimum Gasteiger partial charge on any atom is -0.493 e. The molecule has 0 saturated heterocycles. The van der Waals surface area contributed by atoms with E-state index in [4.69, 9.17) is 10.5 Å². The molecule has 5 heteroatoms. The van der Waals surface area contributed by atoms with Gasteiger partial charge in [0.05, 0.1) is 12.2 Å². The van der Waals surface area contributed by atoms with Gasteiger partial charge in [-0.15, -0.1) is 0 Å². The molecule has 0 aliphatic carbocycles. The van der Waals surface area contributed by atoms with Gasteiger partial charge in [0.15, 0.2) is 0 Å². The first-order chi connectivity index (χ1) is 7.93. The van der Waals surface area contributed by atoms with Crippen LogP contribution in [0.25, 0.3) is 0 Å². The summed E-state index contributed by atoms with van der Waals surface area (Å²) in [5.41, 5.74) is 5.72. The first kappa shape index (κ1) is 12.2. The average molecular weight is 245 g/mol. The van der Waals surface area contributed by atoms with Crippen LogP contribution in [0.2, 0.25) is 0 Å². The zero-order valence-corrected chi connectivity index (χ0v) is 9.42. The van der Waals surface area contributed by atoms with E-state index >= 15 is 0 Å². The smallest absolute Gasteiger partial charge is 0.416 e. The lowest BCUT2D eigenvalue weighted by Gasteiger charge is -2.31. The molecule has 0 amide bonds. The standard InChI is InChI=1S/C12H14F3NO/c1-7-8(5-16)6-17-11-4-9(12(13,14)15)2-3-10(7)11/h2-4,7-8H,5-6,16H2,1H3. The Kier molecular flexibility index (Phi) is 3.03. The molecule has 1 aliphatic heterocycles. The molecule has 0 aromatic heterocycles. The summed E-state index contributed by atoms with van der Waals surface area (Å²) >= 11 is 0. The van der Waals surface area contributed by atoms with Gasteiger partial charge in [-0.05, 0) is 30.2 Å². The largest absolute Gasteiger partial charge is 0.493 e. The Morgan fingerprint density at radius 3 is 2.71 bits per heavy atom. The van der Waals surface area contributed by atoms with Gasteiger partial charge in [-0.3, -0.25) is 0 Å². The number of hydrogen-bond donors (Lipinski definition) is 1. The van der Waals surface area contributed by atoms with Crippen molar-refractivity contribution in [2.24, 2.45) is 11.7 Å². The quantitative estimate of drug-likeness (QED) is 0.825. The zero-order chi connectivity index (χ0) is 12.6. The zero-order valence-electron chi connectivity index (χ0n) is 9.42. The van der Waals surface area contributed by atoms with Gasteiger partial charge in [-0.2, -0.15) is 13.2 Å². The third kappa shape index (κ3) is 2.24. The molecule has 94 valence electrons. The molecule has 17 heavy (non-hydrogen) atoms. The summed E-state index contributed by atoms with van der Waals surface area (Å²) in [4.78, 5) is 0. The Morgan fingerprint density at radius 1 is 1.41 bits per heavy atom. The molecular weight excluding hydrogens is 231 g/mol. The van der Waals surface area contributed by atoms with Crippen LogP contribution < -0.4 is 10.5 Å². The van der Waals surface area contributed by atoms with E-state index in [1.54, 1.807) is 0 Å². The Balaban J connectivity index is 2.36. The molecule has 0 saturated carbocycles. The fraction of sp³-hybridized carbons (Fsp3) is 0.500. The molecule has 1 aromatic carbocycles. The lowest BCUT2D eigenvalue weighted by Crippen LogP contribution is -2.30. The Morgan fingerprint density at radius 2 is 2.12 bits per heavy atom. The number of halogens is 3. The molecule has 2 N–H and O–H groups in total. The molecule has 1 heterocycles. The van der Waals surface area contributed by atoms with E-state index in [0.717, 1.165) is 17.7 Å². The number of ether oxygens (including phenoxy) is 1. The Bertz CT molecular complexity index is 417. The van der Waals surface area contributed by atoms with Crippen LogP contribution >= 0.6 is 0 Å². The van der Waals surface area contributed by atoms with E-state index in [1.807, 2.05) is 6.92 Å². The van der Waals surface area contributed by atoms with Crippen molar-refractivity contribution < 1.29 is 17.9 Å². The number of fused-ring (bicyclic) bond motifs is 1. The average Bonchev–Trinajstić information content (AvgIpc) is 2.28. The number of alkyl halides is 3. The molecule has 2 nitrogen and oxygen atoms in total. The molecule has 2 unspecified atom stereocenters. The van der Waals surface area contributed by atoms with Crippen LogP contribution in [-0.2, 0) is 6.18 Å². The summed E-state index contributed by atoms with van der Waals surface area (Å²) in [6.45, 7) is 2.82. The van der Waals surface area contributed by atoms with Crippen LogP contribution in [0.3, 0.4) is 0 Å². The van der Waals surface area contributed by atoms with Crippen molar-refractivity contribution in [3.63, 3.8) is 0 Å². The Labute approximate surface area is 97.6 Å². The molecule has 0 fully saturated rings. The summed E-state index contributed by atoms with van der Waals surface area (Å²) in [5, 5.41) is 0. The molecule has 1 aromatic rings. The first-order valence-corrected chi connectivity index (χ1v) is 5.47. The fourth-order valence-electron chi connectivity index (χ4n) is 2.08. The lowest BCUT2D eigenvalue weighted by molar-refractivity contribution is -0.137. The molecule has 0 spiro atoms. The maximum absolute atomic E-state index is 12.5. The Hall–Kier alpha value is -1.23. The van der Waals surface area contributed by atoms with E-state index in [-0.39, 0.29) is 11.8 Å². The van der Waals surface area contributed by atoms with Gasteiger partial charge < -0.3 is 10.5 Å². The molecule has 2 rings (SSSR count). The van der Waals surface area contributed by atoms with E-state index in [1.165, 1.54) is 6.07 Å². The highest BCUT2D eigenvalue weighted by Gasteiger charge is 2.33. The second kappa shape index (κ2) is 4.22. The third-order valence-electron chi connectivity index (χ3n) is 3.29. The van der Waals surface area contributed by atoms with Gasteiger partial charge in [0.1, 0.15) is 5.75 Å². The summed E-state index contributed by atoms with van der Waals surface area (Å²) in [6, 6.07) is 3.65. The number of hydrogen-bond acceptors (Lipinski definition) is 2. The van der Waals surface area contributed by atoms with Crippen LogP contribution in [-0.4, -0.2) is 13.2 Å². The fourth-order valence-corrected chi connectivity index (χ4v) is 2.08. The maximum atomic E-state index is 12.5. The topological polar surface area (TPSA) is 35.2 Å². The maximum Gasteiger partial charge on any atom is 0.416 e. The van der Waals surface area contributed by atoms with Gasteiger partial charge in [-0.25, -0.2) is 0 Å². The monoisotopic (exact) mass is 245 g/mol. The highest BCUT2D eigenvalue weighted by atomic mass is 19.4. The van der Waals surface area contributed by atoms with Crippen LogP contribution in [0.4, 0.5) is 13.2 Å². The van der Waals surface area contributed by atoms with Crippen molar-refractivity contribution in [1.82, 2.24) is 0 Å². The molecule has 1 aliphatic rings. The minimum atomic E-state index is -4.33. The lowest BCUT2D eigenvalue weighted by atomic mass is 9.85. The number of rotatable bonds is 1. The van der Waals surface area contributed by atoms with E-state index in [9.17, 15) is 13.2 Å². The predicted molar refractivity (Wildman–Crippen MR) is 57.9 cm³/mol. The van der Waals surface area contributed by atoms with Crippen molar-refractivity contribution >= 4 is 0 Å².